The van der Waals surface area contributed by atoms with Crippen LogP contribution in [0.5, 0.6) is 11.5 Å². The molecule has 0 aliphatic rings. The Labute approximate surface area is 186 Å². The molecule has 1 atom stereocenters. The van der Waals surface area contributed by atoms with Crippen molar-refractivity contribution in [2.45, 2.75) is 4.75 Å². The number of halogens is 4. The van der Waals surface area contributed by atoms with Crippen LogP contribution in [0.1, 0.15) is 16.7 Å². The molecule has 1 unspecified atom stereocenters. The van der Waals surface area contributed by atoms with E-state index in [0.29, 0.717) is 0 Å². The van der Waals surface area contributed by atoms with E-state index < -0.39 is 31.9 Å². The second-order valence-electron chi connectivity index (χ2n) is 6.06. The highest BCUT2D eigenvalue weighted by molar-refractivity contribution is 7.87. The molecule has 3 aromatic rings. The van der Waals surface area contributed by atoms with E-state index >= 15 is 0 Å². The molecule has 0 saturated carbocycles. The van der Waals surface area contributed by atoms with Gasteiger partial charge in [-0.25, -0.2) is 0 Å². The number of rotatable bonds is 4. The maximum atomic E-state index is 13.0. The second kappa shape index (κ2) is 7.87. The van der Waals surface area contributed by atoms with Gasteiger partial charge in [-0.2, -0.15) is 8.42 Å². The Bertz CT molecular complexity index is 1200. The highest BCUT2D eigenvalue weighted by Gasteiger charge is 2.53. The van der Waals surface area contributed by atoms with E-state index in [1.165, 1.54) is 36.4 Å². The molecule has 0 heterocycles. The minimum atomic E-state index is -5.14. The zero-order valence-corrected chi connectivity index (χ0v) is 18.1. The SMILES string of the molecule is O=S(=O)(O)C(c1ccccc1)(c1cc(Cl)c(Cl)cc1Cl)c1c(Cl)ccc(O)c1O. The van der Waals surface area contributed by atoms with Gasteiger partial charge in [-0.3, -0.25) is 4.55 Å². The Balaban J connectivity index is 2.67. The van der Waals surface area contributed by atoms with E-state index in [1.54, 1.807) is 6.07 Å². The zero-order valence-electron chi connectivity index (χ0n) is 14.3. The minimum absolute atomic E-state index is 0.00871. The van der Waals surface area contributed by atoms with Crippen molar-refractivity contribution in [1.82, 2.24) is 0 Å². The van der Waals surface area contributed by atoms with Crippen molar-refractivity contribution < 1.29 is 23.2 Å². The van der Waals surface area contributed by atoms with E-state index in [9.17, 15) is 23.2 Å². The molecule has 5 nitrogen and oxygen atoms in total. The summed E-state index contributed by atoms with van der Waals surface area (Å²) in [6.07, 6.45) is 0. The smallest absolute Gasteiger partial charge is 0.283 e. The van der Waals surface area contributed by atoms with Gasteiger partial charge in [0.2, 0.25) is 0 Å². The van der Waals surface area contributed by atoms with Crippen LogP contribution < -0.4 is 0 Å². The first-order chi connectivity index (χ1) is 13.5. The molecule has 0 fully saturated rings. The molecule has 3 rings (SSSR count). The third-order valence-electron chi connectivity index (χ3n) is 4.41. The van der Waals surface area contributed by atoms with E-state index in [0.717, 1.165) is 12.1 Å². The zero-order chi connectivity index (χ0) is 21.6. The number of phenols is 2. The van der Waals surface area contributed by atoms with E-state index in [4.69, 9.17) is 46.4 Å². The third kappa shape index (κ3) is 3.54. The Hall–Kier alpha value is -1.67. The summed E-state index contributed by atoms with van der Waals surface area (Å²) in [6.45, 7) is 0. The van der Waals surface area contributed by atoms with Crippen molar-refractivity contribution >= 4 is 56.5 Å². The highest BCUT2D eigenvalue weighted by atomic mass is 35.5. The van der Waals surface area contributed by atoms with Gasteiger partial charge in [-0.15, -0.1) is 0 Å². The van der Waals surface area contributed by atoms with Crippen LogP contribution in [0.25, 0.3) is 0 Å². The van der Waals surface area contributed by atoms with Gasteiger partial charge in [0.15, 0.2) is 16.2 Å². The van der Waals surface area contributed by atoms with Crippen LogP contribution in [0.2, 0.25) is 20.1 Å². The lowest BCUT2D eigenvalue weighted by Gasteiger charge is -2.34. The van der Waals surface area contributed by atoms with Gasteiger partial charge in [0.05, 0.1) is 15.1 Å². The van der Waals surface area contributed by atoms with Crippen LogP contribution in [0.15, 0.2) is 54.6 Å². The number of hydrogen-bond donors (Lipinski definition) is 3. The molecule has 0 radical (unpaired) electrons. The molecule has 3 N–H and O–H groups in total. The average molecular weight is 494 g/mol. The number of hydrogen-bond acceptors (Lipinski definition) is 4. The van der Waals surface area contributed by atoms with Crippen LogP contribution in [-0.4, -0.2) is 23.2 Å². The van der Waals surface area contributed by atoms with Crippen LogP contribution >= 0.6 is 46.4 Å². The normalized spacial score (nSPS) is 13.8. The first kappa shape index (κ1) is 22.0. The van der Waals surface area contributed by atoms with Crippen molar-refractivity contribution in [2.24, 2.45) is 0 Å². The second-order valence-corrected chi connectivity index (χ2v) is 9.25. The van der Waals surface area contributed by atoms with Gasteiger partial charge >= 0.3 is 0 Å². The Kier molecular flexibility index (Phi) is 5.98. The van der Waals surface area contributed by atoms with Crippen molar-refractivity contribution in [3.8, 4) is 11.5 Å². The fourth-order valence-electron chi connectivity index (χ4n) is 3.21. The molecule has 0 aliphatic carbocycles. The molecule has 29 heavy (non-hydrogen) atoms. The molecule has 3 aromatic carbocycles. The monoisotopic (exact) mass is 492 g/mol. The van der Waals surface area contributed by atoms with Gasteiger partial charge in [-0.05, 0) is 29.8 Å². The van der Waals surface area contributed by atoms with Crippen molar-refractivity contribution in [3.63, 3.8) is 0 Å². The minimum Gasteiger partial charge on any atom is -0.504 e. The summed E-state index contributed by atoms with van der Waals surface area (Å²) in [6, 6.07) is 12.1. The summed E-state index contributed by atoms with van der Waals surface area (Å²) in [5.74, 6) is -1.49. The number of aromatic hydroxyl groups is 2. The standard InChI is InChI=1S/C19H12Cl4O5S/c20-12-6-7-16(24)18(25)17(12)19(29(26,27)28,10-4-2-1-3-5-10)11-8-14(22)15(23)9-13(11)21/h1-9,24-25H,(H,26,27,28). The Morgan fingerprint density at radius 3 is 1.93 bits per heavy atom. The van der Waals surface area contributed by atoms with Gasteiger partial charge in [-0.1, -0.05) is 76.7 Å². The first-order valence-electron chi connectivity index (χ1n) is 7.90. The molecule has 0 aliphatic heterocycles. The molecule has 0 bridgehead atoms. The fourth-order valence-corrected chi connectivity index (χ4v) is 5.65. The molecule has 152 valence electrons. The van der Waals surface area contributed by atoms with E-state index in [1.807, 2.05) is 0 Å². The van der Waals surface area contributed by atoms with Gasteiger partial charge in [0.1, 0.15) is 0 Å². The van der Waals surface area contributed by atoms with E-state index in [-0.39, 0.29) is 31.2 Å². The predicted octanol–water partition coefficient (Wildman–Crippen LogP) is 5.89. The predicted molar refractivity (Wildman–Crippen MR) is 114 cm³/mol. The average Bonchev–Trinajstić information content (AvgIpc) is 2.65. The molecular formula is C19H12Cl4O5S. The van der Waals surface area contributed by atoms with Gasteiger partial charge in [0, 0.05) is 16.1 Å². The Morgan fingerprint density at radius 2 is 1.34 bits per heavy atom. The lowest BCUT2D eigenvalue weighted by molar-refractivity contribution is 0.394. The lowest BCUT2D eigenvalue weighted by atomic mass is 9.83. The maximum Gasteiger partial charge on any atom is 0.283 e. The molecule has 0 aromatic heterocycles. The third-order valence-corrected chi connectivity index (χ3v) is 7.20. The highest BCUT2D eigenvalue weighted by Crippen LogP contribution is 2.54. The summed E-state index contributed by atoms with van der Waals surface area (Å²) in [5.41, 5.74) is -0.719. The van der Waals surface area contributed by atoms with Gasteiger partial charge in [0.25, 0.3) is 10.1 Å². The molecule has 10 heteroatoms. The largest absolute Gasteiger partial charge is 0.504 e. The van der Waals surface area contributed by atoms with Crippen molar-refractivity contribution in [1.29, 1.82) is 0 Å². The molecule has 0 saturated heterocycles. The van der Waals surface area contributed by atoms with E-state index in [2.05, 4.69) is 0 Å². The lowest BCUT2D eigenvalue weighted by Crippen LogP contribution is -2.39. The Morgan fingerprint density at radius 1 is 0.759 bits per heavy atom. The molecule has 0 spiro atoms. The van der Waals surface area contributed by atoms with Gasteiger partial charge < -0.3 is 10.2 Å². The van der Waals surface area contributed by atoms with Crippen LogP contribution in [0.3, 0.4) is 0 Å². The summed E-state index contributed by atoms with van der Waals surface area (Å²) in [7, 11) is -5.14. The van der Waals surface area contributed by atoms with Crippen LogP contribution in [-0.2, 0) is 14.9 Å². The maximum absolute atomic E-state index is 13.0. The molecule has 0 amide bonds. The fraction of sp³-hybridized carbons (Fsp3) is 0.0526. The molecular weight excluding hydrogens is 482 g/mol. The topological polar surface area (TPSA) is 94.8 Å². The number of benzene rings is 3. The summed E-state index contributed by atoms with van der Waals surface area (Å²) in [5, 5.41) is 20.2. The number of phenolic OH excluding ortho intramolecular Hbond substituents is 2. The summed E-state index contributed by atoms with van der Waals surface area (Å²) in [4.78, 5) is 0. The summed E-state index contributed by atoms with van der Waals surface area (Å²) >= 11 is 24.7. The quantitative estimate of drug-likeness (QED) is 0.182. The first-order valence-corrected chi connectivity index (χ1v) is 10.9. The van der Waals surface area contributed by atoms with Crippen LogP contribution in [0, 0.1) is 0 Å². The summed E-state index contributed by atoms with van der Waals surface area (Å²) < 4.78 is 33.9. The van der Waals surface area contributed by atoms with Crippen molar-refractivity contribution in [2.75, 3.05) is 0 Å². The van der Waals surface area contributed by atoms with Crippen molar-refractivity contribution in [3.05, 3.63) is 91.4 Å². The van der Waals surface area contributed by atoms with Crippen LogP contribution in [0.4, 0.5) is 0 Å².